The SMILES string of the molecule is CCOC[Si](C)(C)COCC. The van der Waals surface area contributed by atoms with Gasteiger partial charge in [-0.1, -0.05) is 13.1 Å². The van der Waals surface area contributed by atoms with Gasteiger partial charge < -0.3 is 9.47 Å². The monoisotopic (exact) mass is 176 g/mol. The van der Waals surface area contributed by atoms with Gasteiger partial charge in [-0.25, -0.2) is 0 Å². The molecule has 3 heteroatoms. The van der Waals surface area contributed by atoms with Crippen molar-refractivity contribution >= 4 is 8.07 Å². The standard InChI is InChI=1S/C8H20O2Si/c1-5-9-7-11(3,4)8-10-6-2/h5-8H2,1-4H3. The van der Waals surface area contributed by atoms with Crippen LogP contribution in [0.15, 0.2) is 0 Å². The third-order valence-electron chi connectivity index (χ3n) is 1.39. The lowest BCUT2D eigenvalue weighted by atomic mass is 10.9. The summed E-state index contributed by atoms with van der Waals surface area (Å²) in [5.74, 6) is 0. The van der Waals surface area contributed by atoms with Crippen molar-refractivity contribution in [3.05, 3.63) is 0 Å². The highest BCUT2D eigenvalue weighted by Crippen LogP contribution is 2.02. The van der Waals surface area contributed by atoms with Gasteiger partial charge in [0.25, 0.3) is 0 Å². The Morgan fingerprint density at radius 1 is 0.909 bits per heavy atom. The number of rotatable bonds is 6. The van der Waals surface area contributed by atoms with Crippen LogP contribution in [-0.2, 0) is 9.47 Å². The van der Waals surface area contributed by atoms with Crippen LogP contribution in [0.5, 0.6) is 0 Å². The average molecular weight is 176 g/mol. The van der Waals surface area contributed by atoms with Crippen LogP contribution in [0.2, 0.25) is 13.1 Å². The molecule has 68 valence electrons. The number of ether oxygens (including phenoxy) is 2. The number of hydrogen-bond donors (Lipinski definition) is 0. The minimum atomic E-state index is -1.19. The second kappa shape index (κ2) is 5.74. The molecule has 2 nitrogen and oxygen atoms in total. The predicted octanol–water partition coefficient (Wildman–Crippen LogP) is 1.85. The molecule has 0 unspecified atom stereocenters. The second-order valence-electron chi connectivity index (χ2n) is 3.44. The van der Waals surface area contributed by atoms with Crippen molar-refractivity contribution in [1.82, 2.24) is 0 Å². The highest BCUT2D eigenvalue weighted by molar-refractivity contribution is 6.77. The zero-order valence-electron chi connectivity index (χ0n) is 8.14. The molecule has 0 rings (SSSR count). The fourth-order valence-electron chi connectivity index (χ4n) is 0.798. The van der Waals surface area contributed by atoms with Gasteiger partial charge >= 0.3 is 0 Å². The van der Waals surface area contributed by atoms with Crippen LogP contribution in [-0.4, -0.2) is 33.7 Å². The van der Waals surface area contributed by atoms with Crippen LogP contribution in [0.3, 0.4) is 0 Å². The first kappa shape index (κ1) is 11.1. The quantitative estimate of drug-likeness (QED) is 0.575. The topological polar surface area (TPSA) is 18.5 Å². The molecule has 0 saturated carbocycles. The van der Waals surface area contributed by atoms with Crippen LogP contribution >= 0.6 is 0 Å². The van der Waals surface area contributed by atoms with Gasteiger partial charge in [0.15, 0.2) is 0 Å². The van der Waals surface area contributed by atoms with Gasteiger partial charge in [0.05, 0.1) is 0 Å². The largest absolute Gasteiger partial charge is 0.385 e. The van der Waals surface area contributed by atoms with Crippen molar-refractivity contribution in [1.29, 1.82) is 0 Å². The van der Waals surface area contributed by atoms with E-state index >= 15 is 0 Å². The molecule has 0 fully saturated rings. The molecule has 0 bridgehead atoms. The lowest BCUT2D eigenvalue weighted by Gasteiger charge is -2.20. The van der Waals surface area contributed by atoms with Crippen molar-refractivity contribution in [2.45, 2.75) is 26.9 Å². The second-order valence-corrected chi connectivity index (χ2v) is 8.34. The van der Waals surface area contributed by atoms with Gasteiger partial charge in [0, 0.05) is 25.7 Å². The molecular weight excluding hydrogens is 156 g/mol. The van der Waals surface area contributed by atoms with Crippen LogP contribution < -0.4 is 0 Å². The summed E-state index contributed by atoms with van der Waals surface area (Å²) in [5, 5.41) is 0. The predicted molar refractivity (Wildman–Crippen MR) is 50.5 cm³/mol. The van der Waals surface area contributed by atoms with E-state index < -0.39 is 8.07 Å². The summed E-state index contributed by atoms with van der Waals surface area (Å²) in [6, 6.07) is 0. The molecule has 0 N–H and O–H groups in total. The Balaban J connectivity index is 3.43. The maximum Gasteiger partial charge on any atom is 0.107 e. The molecule has 0 aliphatic carbocycles. The first-order chi connectivity index (χ1) is 5.12. The summed E-state index contributed by atoms with van der Waals surface area (Å²) in [5.41, 5.74) is 0. The highest BCUT2D eigenvalue weighted by atomic mass is 28.3. The molecule has 0 aromatic rings. The maximum atomic E-state index is 5.38. The molecule has 0 aromatic heterocycles. The minimum absolute atomic E-state index is 0.822. The fraction of sp³-hybridized carbons (Fsp3) is 1.00. The van der Waals surface area contributed by atoms with E-state index in [1.165, 1.54) is 0 Å². The normalized spacial score (nSPS) is 12.0. The van der Waals surface area contributed by atoms with Crippen molar-refractivity contribution in [2.75, 3.05) is 25.7 Å². The van der Waals surface area contributed by atoms with E-state index in [-0.39, 0.29) is 0 Å². The van der Waals surface area contributed by atoms with Crippen LogP contribution in [0, 0.1) is 0 Å². The Kier molecular flexibility index (Phi) is 5.82. The van der Waals surface area contributed by atoms with Crippen molar-refractivity contribution < 1.29 is 9.47 Å². The average Bonchev–Trinajstić information content (AvgIpc) is 1.97. The Morgan fingerprint density at radius 3 is 1.55 bits per heavy atom. The Hall–Kier alpha value is 0.137. The first-order valence-corrected chi connectivity index (χ1v) is 7.69. The van der Waals surface area contributed by atoms with E-state index in [2.05, 4.69) is 13.1 Å². The summed E-state index contributed by atoms with van der Waals surface area (Å²) >= 11 is 0. The van der Waals surface area contributed by atoms with E-state index in [0.717, 1.165) is 25.7 Å². The molecule has 0 aromatic carbocycles. The molecule has 0 radical (unpaired) electrons. The molecule has 11 heavy (non-hydrogen) atoms. The van der Waals surface area contributed by atoms with Gasteiger partial charge in [0.2, 0.25) is 0 Å². The minimum Gasteiger partial charge on any atom is -0.385 e. The summed E-state index contributed by atoms with van der Waals surface area (Å²) < 4.78 is 10.8. The molecule has 0 aliphatic heterocycles. The highest BCUT2D eigenvalue weighted by Gasteiger charge is 2.20. The molecule has 0 spiro atoms. The lowest BCUT2D eigenvalue weighted by Crippen LogP contribution is -2.39. The van der Waals surface area contributed by atoms with Gasteiger partial charge in [-0.05, 0) is 13.8 Å². The third kappa shape index (κ3) is 6.53. The van der Waals surface area contributed by atoms with E-state index in [4.69, 9.17) is 9.47 Å². The summed E-state index contributed by atoms with van der Waals surface area (Å²) in [4.78, 5) is 0. The zero-order valence-corrected chi connectivity index (χ0v) is 9.14. The van der Waals surface area contributed by atoms with Crippen LogP contribution in [0.25, 0.3) is 0 Å². The molecule has 0 aliphatic rings. The zero-order chi connectivity index (χ0) is 8.74. The van der Waals surface area contributed by atoms with Crippen LogP contribution in [0.4, 0.5) is 0 Å². The van der Waals surface area contributed by atoms with Gasteiger partial charge in [-0.2, -0.15) is 0 Å². The first-order valence-electron chi connectivity index (χ1n) is 4.28. The van der Waals surface area contributed by atoms with Crippen molar-refractivity contribution in [2.24, 2.45) is 0 Å². The van der Waals surface area contributed by atoms with Crippen molar-refractivity contribution in [3.63, 3.8) is 0 Å². The molecule has 0 heterocycles. The molecule has 0 atom stereocenters. The maximum absolute atomic E-state index is 5.38. The van der Waals surface area contributed by atoms with Gasteiger partial charge in [0.1, 0.15) is 8.07 Å². The molecule has 0 amide bonds. The number of hydrogen-bond acceptors (Lipinski definition) is 2. The van der Waals surface area contributed by atoms with E-state index in [0.29, 0.717) is 0 Å². The Labute approximate surface area is 70.9 Å². The fourth-order valence-corrected chi connectivity index (χ4v) is 2.40. The Bertz CT molecular complexity index is 84.1. The van der Waals surface area contributed by atoms with Gasteiger partial charge in [-0.15, -0.1) is 0 Å². The smallest absolute Gasteiger partial charge is 0.107 e. The van der Waals surface area contributed by atoms with Crippen molar-refractivity contribution in [3.8, 4) is 0 Å². The molecule has 0 saturated heterocycles. The third-order valence-corrected chi connectivity index (χ3v) is 3.37. The summed E-state index contributed by atoms with van der Waals surface area (Å²) in [6.45, 7) is 10.3. The van der Waals surface area contributed by atoms with Crippen LogP contribution in [0.1, 0.15) is 13.8 Å². The van der Waals surface area contributed by atoms with E-state index in [9.17, 15) is 0 Å². The Morgan fingerprint density at radius 2 is 1.27 bits per heavy atom. The summed E-state index contributed by atoms with van der Waals surface area (Å²) in [7, 11) is -1.19. The molecular formula is C8H20O2Si. The lowest BCUT2D eigenvalue weighted by molar-refractivity contribution is 0.163. The van der Waals surface area contributed by atoms with E-state index in [1.54, 1.807) is 0 Å². The van der Waals surface area contributed by atoms with Gasteiger partial charge in [-0.3, -0.25) is 0 Å². The van der Waals surface area contributed by atoms with E-state index in [1.807, 2.05) is 13.8 Å². The summed E-state index contributed by atoms with van der Waals surface area (Å²) in [6.07, 6.45) is 1.84.